The molecule has 2 nitrogen and oxygen atoms in total. The maximum atomic E-state index is 13.4. The van der Waals surface area contributed by atoms with E-state index >= 15 is 0 Å². The summed E-state index contributed by atoms with van der Waals surface area (Å²) in [5.41, 5.74) is 2.71. The number of benzene rings is 3. The van der Waals surface area contributed by atoms with Gasteiger partial charge in [-0.1, -0.05) is 61.3 Å². The molecule has 0 atom stereocenters. The van der Waals surface area contributed by atoms with Crippen LogP contribution in [-0.2, 0) is 0 Å². The van der Waals surface area contributed by atoms with Crippen LogP contribution in [0.1, 0.15) is 31.0 Å². The second-order valence-corrected chi connectivity index (χ2v) is 7.83. The van der Waals surface area contributed by atoms with E-state index in [2.05, 4.69) is 10.2 Å². The number of hydrogen-bond acceptors (Lipinski definition) is 2. The van der Waals surface area contributed by atoms with Crippen LogP contribution in [0.3, 0.4) is 0 Å². The predicted octanol–water partition coefficient (Wildman–Crippen LogP) is 7.18. The normalized spacial score (nSPS) is 14.1. The molecular formula is C24H24Cl2F2N2. The molecule has 1 aliphatic heterocycles. The van der Waals surface area contributed by atoms with Crippen LogP contribution in [0.15, 0.2) is 66.7 Å². The van der Waals surface area contributed by atoms with Gasteiger partial charge in [0.05, 0.1) is 12.1 Å². The molecule has 0 spiro atoms. The molecule has 3 aromatic rings. The Morgan fingerprint density at radius 3 is 1.67 bits per heavy atom. The molecule has 1 N–H and O–H groups in total. The van der Waals surface area contributed by atoms with Crippen LogP contribution in [0.4, 0.5) is 14.5 Å². The maximum absolute atomic E-state index is 13.4. The SMILES string of the molecule is CC.Fc1cc(F)cc(NC2CN(C(c3ccc(Cl)cc3)c3ccc(Cl)cc3)C2)c1. The molecular weight excluding hydrogens is 425 g/mol. The summed E-state index contributed by atoms with van der Waals surface area (Å²) in [4.78, 5) is 2.31. The van der Waals surface area contributed by atoms with E-state index in [1.165, 1.54) is 12.1 Å². The zero-order valence-electron chi connectivity index (χ0n) is 16.9. The third-order valence-electron chi connectivity index (χ3n) is 4.88. The summed E-state index contributed by atoms with van der Waals surface area (Å²) >= 11 is 12.1. The van der Waals surface area contributed by atoms with Crippen molar-refractivity contribution in [3.8, 4) is 0 Å². The number of nitrogens with one attached hydrogen (secondary N) is 1. The Labute approximate surface area is 186 Å². The molecule has 0 aromatic heterocycles. The van der Waals surface area contributed by atoms with Gasteiger partial charge in [-0.3, -0.25) is 4.90 Å². The minimum atomic E-state index is -0.584. The molecule has 3 aromatic carbocycles. The van der Waals surface area contributed by atoms with Gasteiger partial charge in [0.25, 0.3) is 0 Å². The first-order valence-corrected chi connectivity index (χ1v) is 10.7. The van der Waals surface area contributed by atoms with E-state index in [0.29, 0.717) is 15.7 Å². The van der Waals surface area contributed by atoms with Crippen molar-refractivity contribution in [2.24, 2.45) is 0 Å². The molecule has 0 unspecified atom stereocenters. The quantitative estimate of drug-likeness (QED) is 0.444. The molecule has 6 heteroatoms. The summed E-state index contributed by atoms with van der Waals surface area (Å²) in [7, 11) is 0. The van der Waals surface area contributed by atoms with Crippen molar-refractivity contribution in [2.45, 2.75) is 25.9 Å². The molecule has 30 heavy (non-hydrogen) atoms. The van der Waals surface area contributed by atoms with Gasteiger partial charge < -0.3 is 5.32 Å². The highest BCUT2D eigenvalue weighted by molar-refractivity contribution is 6.30. The summed E-state index contributed by atoms with van der Waals surface area (Å²) in [5, 5.41) is 4.58. The lowest BCUT2D eigenvalue weighted by Gasteiger charge is -2.45. The first-order chi connectivity index (χ1) is 14.5. The third kappa shape index (κ3) is 5.51. The number of halogens is 4. The Balaban J connectivity index is 0.00000124. The van der Waals surface area contributed by atoms with E-state index in [9.17, 15) is 8.78 Å². The monoisotopic (exact) mass is 448 g/mol. The molecule has 0 bridgehead atoms. The molecule has 158 valence electrons. The van der Waals surface area contributed by atoms with E-state index in [1.54, 1.807) is 0 Å². The number of anilines is 1. The summed E-state index contributed by atoms with van der Waals surface area (Å²) in [6.07, 6.45) is 0. The average Bonchev–Trinajstić information content (AvgIpc) is 2.69. The van der Waals surface area contributed by atoms with Gasteiger partial charge in [0, 0.05) is 34.9 Å². The van der Waals surface area contributed by atoms with E-state index < -0.39 is 11.6 Å². The van der Waals surface area contributed by atoms with Gasteiger partial charge in [-0.15, -0.1) is 0 Å². The summed E-state index contributed by atoms with van der Waals surface area (Å²) in [5.74, 6) is -1.17. The zero-order valence-corrected chi connectivity index (χ0v) is 18.4. The number of rotatable bonds is 5. The lowest BCUT2D eigenvalue weighted by atomic mass is 9.93. The van der Waals surface area contributed by atoms with Crippen LogP contribution in [0.2, 0.25) is 10.0 Å². The van der Waals surface area contributed by atoms with Gasteiger partial charge in [0.2, 0.25) is 0 Å². The second kappa shape index (κ2) is 10.3. The van der Waals surface area contributed by atoms with E-state index in [0.717, 1.165) is 30.3 Å². The number of nitrogens with zero attached hydrogens (tertiary/aromatic N) is 1. The van der Waals surface area contributed by atoms with Crippen LogP contribution >= 0.6 is 23.2 Å². The minimum Gasteiger partial charge on any atom is -0.380 e. The number of likely N-dealkylation sites (tertiary alicyclic amines) is 1. The van der Waals surface area contributed by atoms with Gasteiger partial charge >= 0.3 is 0 Å². The largest absolute Gasteiger partial charge is 0.380 e. The zero-order chi connectivity index (χ0) is 21.7. The van der Waals surface area contributed by atoms with Crippen LogP contribution in [-0.4, -0.2) is 24.0 Å². The Hall–Kier alpha value is -2.14. The third-order valence-corrected chi connectivity index (χ3v) is 5.38. The van der Waals surface area contributed by atoms with Crippen LogP contribution in [0, 0.1) is 11.6 Å². The summed E-state index contributed by atoms with van der Waals surface area (Å²) in [6, 6.07) is 19.2. The van der Waals surface area contributed by atoms with Crippen LogP contribution in [0.25, 0.3) is 0 Å². The van der Waals surface area contributed by atoms with Crippen molar-refractivity contribution < 1.29 is 8.78 Å². The van der Waals surface area contributed by atoms with Crippen LogP contribution in [0.5, 0.6) is 0 Å². The Kier molecular flexibility index (Phi) is 7.70. The van der Waals surface area contributed by atoms with E-state index in [-0.39, 0.29) is 12.1 Å². The molecule has 1 saturated heterocycles. The maximum Gasteiger partial charge on any atom is 0.128 e. The van der Waals surface area contributed by atoms with Crippen molar-refractivity contribution in [3.63, 3.8) is 0 Å². The molecule has 1 aliphatic rings. The van der Waals surface area contributed by atoms with Crippen molar-refractivity contribution in [3.05, 3.63) is 99.5 Å². The average molecular weight is 449 g/mol. The minimum absolute atomic E-state index is 0.0526. The topological polar surface area (TPSA) is 15.3 Å². The van der Waals surface area contributed by atoms with Crippen molar-refractivity contribution in [2.75, 3.05) is 18.4 Å². The fourth-order valence-electron chi connectivity index (χ4n) is 3.59. The van der Waals surface area contributed by atoms with Gasteiger partial charge in [-0.25, -0.2) is 8.78 Å². The lowest BCUT2D eigenvalue weighted by molar-refractivity contribution is 0.123. The van der Waals surface area contributed by atoms with Gasteiger partial charge in [-0.05, 0) is 47.5 Å². The first kappa shape index (κ1) is 22.5. The second-order valence-electron chi connectivity index (χ2n) is 6.96. The molecule has 0 amide bonds. The van der Waals surface area contributed by atoms with Crippen molar-refractivity contribution in [1.82, 2.24) is 4.90 Å². The van der Waals surface area contributed by atoms with Crippen LogP contribution < -0.4 is 5.32 Å². The molecule has 0 saturated carbocycles. The van der Waals surface area contributed by atoms with Crippen molar-refractivity contribution >= 4 is 28.9 Å². The fourth-order valence-corrected chi connectivity index (χ4v) is 3.84. The number of hydrogen-bond donors (Lipinski definition) is 1. The standard InChI is InChI=1S/C22H18Cl2F2N2.C2H6/c23-16-5-1-14(2-6-16)22(15-3-7-17(24)8-4-15)28-12-21(13-28)27-20-10-18(25)9-19(26)11-20;1-2/h1-11,21-22,27H,12-13H2;1-2H3. The predicted molar refractivity (Wildman–Crippen MR) is 121 cm³/mol. The van der Waals surface area contributed by atoms with E-state index in [1.807, 2.05) is 62.4 Å². The molecule has 4 rings (SSSR count). The Bertz CT molecular complexity index is 890. The highest BCUT2D eigenvalue weighted by atomic mass is 35.5. The summed E-state index contributed by atoms with van der Waals surface area (Å²) < 4.78 is 26.8. The lowest BCUT2D eigenvalue weighted by Crippen LogP contribution is -2.56. The highest BCUT2D eigenvalue weighted by Gasteiger charge is 2.34. The van der Waals surface area contributed by atoms with Gasteiger partial charge in [-0.2, -0.15) is 0 Å². The summed E-state index contributed by atoms with van der Waals surface area (Å²) in [6.45, 7) is 5.49. The Morgan fingerprint density at radius 1 is 0.800 bits per heavy atom. The first-order valence-electron chi connectivity index (χ1n) is 9.95. The molecule has 0 aliphatic carbocycles. The smallest absolute Gasteiger partial charge is 0.128 e. The molecule has 1 heterocycles. The molecule has 0 radical (unpaired) electrons. The highest BCUT2D eigenvalue weighted by Crippen LogP contribution is 2.34. The van der Waals surface area contributed by atoms with Gasteiger partial charge in [0.15, 0.2) is 0 Å². The van der Waals surface area contributed by atoms with Gasteiger partial charge in [0.1, 0.15) is 11.6 Å². The fraction of sp³-hybridized carbons (Fsp3) is 0.250. The van der Waals surface area contributed by atoms with E-state index in [4.69, 9.17) is 23.2 Å². The Morgan fingerprint density at radius 2 is 1.23 bits per heavy atom. The molecule has 1 fully saturated rings. The van der Waals surface area contributed by atoms with Crippen molar-refractivity contribution in [1.29, 1.82) is 0 Å².